The van der Waals surface area contributed by atoms with E-state index in [1.54, 1.807) is 0 Å². The summed E-state index contributed by atoms with van der Waals surface area (Å²) in [5.41, 5.74) is 6.79. The molecule has 0 aliphatic carbocycles. The van der Waals surface area contributed by atoms with Gasteiger partial charge < -0.3 is 25.6 Å². The number of piperidine rings is 1. The summed E-state index contributed by atoms with van der Waals surface area (Å²) in [4.78, 5) is 23.2. The molecule has 0 aromatic heterocycles. The molecule has 0 radical (unpaired) electrons. The Morgan fingerprint density at radius 2 is 1.97 bits per heavy atom. The van der Waals surface area contributed by atoms with E-state index in [-0.39, 0.29) is 12.2 Å². The number of nitrogens with zero attached hydrogens (tertiary/aromatic N) is 4. The van der Waals surface area contributed by atoms with Gasteiger partial charge in [-0.05, 0) is 51.2 Å². The SMILES string of the molecule is CCCCOC1=NC(N)=C2NC(=O)N(CCCCC3CCN(CC)CC3)C2N1C. The van der Waals surface area contributed by atoms with E-state index in [9.17, 15) is 4.79 Å². The fraction of sp³-hybridized carbons (Fsp3) is 0.810. The largest absolute Gasteiger partial charge is 0.465 e. The van der Waals surface area contributed by atoms with Gasteiger partial charge in [0.05, 0.1) is 6.61 Å². The van der Waals surface area contributed by atoms with Gasteiger partial charge in [0.2, 0.25) is 0 Å². The number of carbonyl (C=O) groups excluding carboxylic acids is 1. The van der Waals surface area contributed by atoms with Crippen molar-refractivity contribution < 1.29 is 9.53 Å². The van der Waals surface area contributed by atoms with E-state index in [1.165, 1.54) is 32.4 Å². The second-order valence-electron chi connectivity index (χ2n) is 8.38. The molecule has 0 bridgehead atoms. The summed E-state index contributed by atoms with van der Waals surface area (Å²) in [6.45, 7) is 9.31. The topological polar surface area (TPSA) is 86.4 Å². The average molecular weight is 407 g/mol. The number of unbranched alkanes of at least 4 members (excludes halogenated alkanes) is 2. The van der Waals surface area contributed by atoms with E-state index < -0.39 is 0 Å². The first-order chi connectivity index (χ1) is 14.0. The number of hydrogen-bond acceptors (Lipinski definition) is 6. The summed E-state index contributed by atoms with van der Waals surface area (Å²) in [6, 6.07) is 0.398. The van der Waals surface area contributed by atoms with E-state index >= 15 is 0 Å². The summed E-state index contributed by atoms with van der Waals surface area (Å²) in [5, 5.41) is 2.91. The van der Waals surface area contributed by atoms with Gasteiger partial charge in [-0.2, -0.15) is 4.99 Å². The standard InChI is InChI=1S/C21H38N6O2/c1-4-6-15-29-21-24-18(22)17-19(25(21)3)27(20(28)23-17)12-8-7-9-16-10-13-26(5-2)14-11-16/h16,19H,4-15,22H2,1-3H3,(H,23,28). The van der Waals surface area contributed by atoms with Gasteiger partial charge in [0.25, 0.3) is 6.02 Å². The molecule has 2 fully saturated rings. The Morgan fingerprint density at radius 3 is 2.66 bits per heavy atom. The van der Waals surface area contributed by atoms with Gasteiger partial charge in [0, 0.05) is 13.6 Å². The molecule has 8 nitrogen and oxygen atoms in total. The summed E-state index contributed by atoms with van der Waals surface area (Å²) in [7, 11) is 1.91. The summed E-state index contributed by atoms with van der Waals surface area (Å²) in [6.07, 6.45) is 7.80. The fourth-order valence-electron chi connectivity index (χ4n) is 4.44. The van der Waals surface area contributed by atoms with Crippen LogP contribution in [0.2, 0.25) is 0 Å². The average Bonchev–Trinajstić information content (AvgIpc) is 3.06. The zero-order chi connectivity index (χ0) is 20.8. The van der Waals surface area contributed by atoms with Crippen LogP contribution in [0.15, 0.2) is 16.5 Å². The maximum absolute atomic E-state index is 12.6. The number of fused-ring (bicyclic) bond motifs is 1. The van der Waals surface area contributed by atoms with Gasteiger partial charge in [0.15, 0.2) is 12.0 Å². The lowest BCUT2D eigenvalue weighted by molar-refractivity contribution is 0.138. The second kappa shape index (κ2) is 10.2. The zero-order valence-electron chi connectivity index (χ0n) is 18.3. The monoisotopic (exact) mass is 406 g/mol. The number of urea groups is 1. The predicted octanol–water partition coefficient (Wildman–Crippen LogP) is 2.49. The number of likely N-dealkylation sites (N-methyl/N-ethyl adjacent to an activating group) is 1. The Morgan fingerprint density at radius 1 is 1.21 bits per heavy atom. The zero-order valence-corrected chi connectivity index (χ0v) is 18.3. The molecule has 2 amide bonds. The van der Waals surface area contributed by atoms with Crippen LogP contribution in [-0.4, -0.2) is 72.8 Å². The molecule has 3 N–H and O–H groups in total. The van der Waals surface area contributed by atoms with E-state index in [4.69, 9.17) is 10.5 Å². The Balaban J connectivity index is 1.50. The first kappa shape index (κ1) is 21.7. The normalized spacial score (nSPS) is 23.3. The van der Waals surface area contributed by atoms with Gasteiger partial charge in [0.1, 0.15) is 5.70 Å². The van der Waals surface area contributed by atoms with Crippen LogP contribution in [0, 0.1) is 5.92 Å². The number of nitrogens with two attached hydrogens (primary N) is 1. The number of rotatable bonds is 9. The van der Waals surface area contributed by atoms with Crippen LogP contribution in [0.25, 0.3) is 0 Å². The number of hydrogen-bond donors (Lipinski definition) is 2. The maximum atomic E-state index is 12.6. The smallest absolute Gasteiger partial charge is 0.323 e. The Kier molecular flexibility index (Phi) is 7.64. The van der Waals surface area contributed by atoms with Crippen LogP contribution in [0.5, 0.6) is 0 Å². The van der Waals surface area contributed by atoms with Crippen LogP contribution in [0.3, 0.4) is 0 Å². The van der Waals surface area contributed by atoms with E-state index in [2.05, 4.69) is 29.1 Å². The van der Waals surface area contributed by atoms with Gasteiger partial charge >= 0.3 is 6.03 Å². The molecule has 0 saturated carbocycles. The van der Waals surface area contributed by atoms with Crippen molar-refractivity contribution in [1.82, 2.24) is 20.0 Å². The molecule has 3 aliphatic heterocycles. The van der Waals surface area contributed by atoms with Crippen LogP contribution in [-0.2, 0) is 4.74 Å². The van der Waals surface area contributed by atoms with Crippen LogP contribution in [0.1, 0.15) is 58.8 Å². The molecule has 2 saturated heterocycles. The third-order valence-electron chi connectivity index (χ3n) is 6.36. The molecular weight excluding hydrogens is 368 g/mol. The second-order valence-corrected chi connectivity index (χ2v) is 8.38. The highest BCUT2D eigenvalue weighted by molar-refractivity contribution is 5.85. The van der Waals surface area contributed by atoms with E-state index in [0.29, 0.717) is 30.7 Å². The molecule has 1 atom stereocenters. The van der Waals surface area contributed by atoms with Gasteiger partial charge in [-0.15, -0.1) is 0 Å². The Bertz CT molecular complexity index is 627. The minimum atomic E-state index is -0.246. The van der Waals surface area contributed by atoms with Crippen molar-refractivity contribution in [3.05, 3.63) is 11.5 Å². The molecule has 0 aromatic carbocycles. The maximum Gasteiger partial charge on any atom is 0.323 e. The minimum Gasteiger partial charge on any atom is -0.465 e. The van der Waals surface area contributed by atoms with Crippen LogP contribution < -0.4 is 11.1 Å². The van der Waals surface area contributed by atoms with Crippen molar-refractivity contribution in [3.8, 4) is 0 Å². The highest BCUT2D eigenvalue weighted by atomic mass is 16.5. The lowest BCUT2D eigenvalue weighted by Crippen LogP contribution is -2.50. The molecule has 0 aromatic rings. The molecule has 0 spiro atoms. The van der Waals surface area contributed by atoms with Crippen molar-refractivity contribution in [2.24, 2.45) is 16.6 Å². The molecule has 29 heavy (non-hydrogen) atoms. The quantitative estimate of drug-likeness (QED) is 0.575. The Hall–Kier alpha value is -1.96. The predicted molar refractivity (Wildman–Crippen MR) is 115 cm³/mol. The minimum absolute atomic E-state index is 0.0962. The van der Waals surface area contributed by atoms with Crippen molar-refractivity contribution in [2.75, 3.05) is 39.8 Å². The highest BCUT2D eigenvalue weighted by Crippen LogP contribution is 2.27. The van der Waals surface area contributed by atoms with Gasteiger partial charge in [-0.1, -0.05) is 33.1 Å². The number of amides is 2. The molecule has 3 aliphatic rings. The molecule has 3 rings (SSSR count). The van der Waals surface area contributed by atoms with E-state index in [1.807, 2.05) is 16.8 Å². The third-order valence-corrected chi connectivity index (χ3v) is 6.36. The highest BCUT2D eigenvalue weighted by Gasteiger charge is 2.43. The molecular formula is C21H38N6O2. The van der Waals surface area contributed by atoms with Gasteiger partial charge in [-0.25, -0.2) is 4.79 Å². The summed E-state index contributed by atoms with van der Waals surface area (Å²) in [5.74, 6) is 1.18. The Labute approximate surface area is 175 Å². The molecule has 1 unspecified atom stereocenters. The van der Waals surface area contributed by atoms with Gasteiger partial charge in [-0.3, -0.25) is 4.90 Å². The third kappa shape index (κ3) is 5.15. The van der Waals surface area contributed by atoms with Crippen LogP contribution >= 0.6 is 0 Å². The van der Waals surface area contributed by atoms with Crippen molar-refractivity contribution in [2.45, 2.75) is 65.0 Å². The number of carbonyl (C=O) groups is 1. The van der Waals surface area contributed by atoms with Crippen molar-refractivity contribution >= 4 is 12.1 Å². The first-order valence-corrected chi connectivity index (χ1v) is 11.3. The number of likely N-dealkylation sites (tertiary alicyclic amines) is 1. The molecule has 3 heterocycles. The lowest BCUT2D eigenvalue weighted by Gasteiger charge is -2.35. The van der Waals surface area contributed by atoms with E-state index in [0.717, 1.165) is 38.1 Å². The number of nitrogens with one attached hydrogen (secondary N) is 1. The van der Waals surface area contributed by atoms with Crippen LogP contribution in [0.4, 0.5) is 4.79 Å². The fourth-order valence-corrected chi connectivity index (χ4v) is 4.44. The first-order valence-electron chi connectivity index (χ1n) is 11.3. The van der Waals surface area contributed by atoms with Crippen molar-refractivity contribution in [3.63, 3.8) is 0 Å². The number of amidine groups is 1. The lowest BCUT2D eigenvalue weighted by atomic mass is 9.91. The summed E-state index contributed by atoms with van der Waals surface area (Å²) >= 11 is 0. The number of ether oxygens (including phenoxy) is 1. The molecule has 164 valence electrons. The summed E-state index contributed by atoms with van der Waals surface area (Å²) < 4.78 is 5.81. The molecule has 8 heteroatoms. The number of aliphatic imine (C=N–C) groups is 1. The van der Waals surface area contributed by atoms with Crippen molar-refractivity contribution in [1.29, 1.82) is 0 Å².